The second-order valence-corrected chi connectivity index (χ2v) is 8.80. The number of hydrogen-bond acceptors (Lipinski definition) is 8. The molecular weight excluding hydrogens is 468 g/mol. The summed E-state index contributed by atoms with van der Waals surface area (Å²) in [5.74, 6) is -0.991. The van der Waals surface area contributed by atoms with Gasteiger partial charge in [0.1, 0.15) is 23.0 Å². The van der Waals surface area contributed by atoms with Gasteiger partial charge in [-0.25, -0.2) is 4.98 Å². The summed E-state index contributed by atoms with van der Waals surface area (Å²) < 4.78 is 11.4. The molecule has 2 heterocycles. The van der Waals surface area contributed by atoms with Gasteiger partial charge in [0.15, 0.2) is 5.13 Å². The molecule has 8 nitrogen and oxygen atoms in total. The molecule has 5 rings (SSSR count). The number of aliphatic hydroxyl groups is 1. The first-order valence-electron chi connectivity index (χ1n) is 10.6. The lowest BCUT2D eigenvalue weighted by Gasteiger charge is -2.23. The van der Waals surface area contributed by atoms with Crippen LogP contribution in [0, 0.1) is 0 Å². The van der Waals surface area contributed by atoms with E-state index in [1.807, 2.05) is 0 Å². The molecule has 1 aliphatic heterocycles. The zero-order valence-electron chi connectivity index (χ0n) is 18.8. The standard InChI is InChI=1S/C26H20N2O6S/c1-33-16-11-12-18-20(13-16)35-26(27-18)28-22(14-7-9-15(29)10-8-14)21(24(31)25(28)32)23(30)17-5-3-4-6-19(17)34-2/h3-13,22,29-30H,1-2H3/b23-21+. The number of rotatable bonds is 5. The number of carbonyl (C=O) groups is 2. The number of carbonyl (C=O) groups excluding carboxylic acids is 2. The Labute approximate surface area is 204 Å². The summed E-state index contributed by atoms with van der Waals surface area (Å²) in [4.78, 5) is 32.5. The number of aromatic hydroxyl groups is 1. The number of phenolic OH excluding ortho intramolecular Hbond substituents is 1. The van der Waals surface area contributed by atoms with Gasteiger partial charge in [-0.1, -0.05) is 35.6 Å². The van der Waals surface area contributed by atoms with Gasteiger partial charge in [-0.15, -0.1) is 0 Å². The highest BCUT2D eigenvalue weighted by Gasteiger charge is 2.48. The van der Waals surface area contributed by atoms with Crippen molar-refractivity contribution in [3.8, 4) is 17.2 Å². The molecular formula is C26H20N2O6S. The van der Waals surface area contributed by atoms with E-state index in [-0.39, 0.29) is 22.6 Å². The van der Waals surface area contributed by atoms with Crippen LogP contribution in [0.25, 0.3) is 16.0 Å². The lowest BCUT2D eigenvalue weighted by atomic mass is 9.95. The van der Waals surface area contributed by atoms with Crippen molar-refractivity contribution in [3.05, 3.63) is 83.4 Å². The van der Waals surface area contributed by atoms with Gasteiger partial charge in [0.25, 0.3) is 5.78 Å². The van der Waals surface area contributed by atoms with Crippen LogP contribution in [0.1, 0.15) is 17.2 Å². The number of thiazole rings is 1. The number of aliphatic hydroxyl groups excluding tert-OH is 1. The first-order valence-corrected chi connectivity index (χ1v) is 11.4. The molecule has 1 aliphatic rings. The van der Waals surface area contributed by atoms with E-state index >= 15 is 0 Å². The molecule has 1 fully saturated rings. The first-order chi connectivity index (χ1) is 16.9. The van der Waals surface area contributed by atoms with Crippen LogP contribution in [-0.2, 0) is 9.59 Å². The molecule has 0 saturated carbocycles. The number of hydrogen-bond donors (Lipinski definition) is 2. The van der Waals surface area contributed by atoms with Crippen molar-refractivity contribution in [2.24, 2.45) is 0 Å². The molecule has 1 amide bonds. The molecule has 0 radical (unpaired) electrons. The summed E-state index contributed by atoms with van der Waals surface area (Å²) in [6.45, 7) is 0. The van der Waals surface area contributed by atoms with Crippen molar-refractivity contribution >= 4 is 44.1 Å². The van der Waals surface area contributed by atoms with Crippen molar-refractivity contribution in [2.45, 2.75) is 6.04 Å². The third kappa shape index (κ3) is 3.75. The molecule has 1 aromatic heterocycles. The van der Waals surface area contributed by atoms with Gasteiger partial charge in [-0.05, 0) is 48.0 Å². The Morgan fingerprint density at radius 3 is 2.46 bits per heavy atom. The zero-order valence-corrected chi connectivity index (χ0v) is 19.6. The third-order valence-corrected chi connectivity index (χ3v) is 6.82. The SMILES string of the molecule is COc1ccc2nc(N3C(=O)C(=O)/C(=C(/O)c4ccccc4OC)C3c3ccc(O)cc3)sc2c1. The highest BCUT2D eigenvalue weighted by atomic mass is 32.1. The smallest absolute Gasteiger partial charge is 0.301 e. The minimum atomic E-state index is -0.969. The number of methoxy groups -OCH3 is 2. The lowest BCUT2D eigenvalue weighted by Crippen LogP contribution is -2.29. The van der Waals surface area contributed by atoms with E-state index in [0.717, 1.165) is 4.70 Å². The van der Waals surface area contributed by atoms with Crippen LogP contribution in [0.2, 0.25) is 0 Å². The van der Waals surface area contributed by atoms with Crippen LogP contribution >= 0.6 is 11.3 Å². The number of ether oxygens (including phenoxy) is 2. The predicted molar refractivity (Wildman–Crippen MR) is 132 cm³/mol. The van der Waals surface area contributed by atoms with Gasteiger partial charge >= 0.3 is 5.91 Å². The quantitative estimate of drug-likeness (QED) is 0.239. The molecule has 2 N–H and O–H groups in total. The summed E-state index contributed by atoms with van der Waals surface area (Å²) in [5.41, 5.74) is 1.35. The third-order valence-electron chi connectivity index (χ3n) is 5.81. The molecule has 176 valence electrons. The van der Waals surface area contributed by atoms with Crippen LogP contribution in [0.4, 0.5) is 5.13 Å². The molecule has 1 saturated heterocycles. The summed E-state index contributed by atoms with van der Waals surface area (Å²) in [6, 6.07) is 17.2. The van der Waals surface area contributed by atoms with E-state index < -0.39 is 17.7 Å². The van der Waals surface area contributed by atoms with Crippen molar-refractivity contribution in [1.82, 2.24) is 4.98 Å². The van der Waals surface area contributed by atoms with Gasteiger partial charge in [0.05, 0.1) is 41.6 Å². The Hall–Kier alpha value is -4.37. The van der Waals surface area contributed by atoms with Crippen molar-refractivity contribution in [1.29, 1.82) is 0 Å². The van der Waals surface area contributed by atoms with E-state index in [1.165, 1.54) is 35.5 Å². The summed E-state index contributed by atoms with van der Waals surface area (Å²) in [6.07, 6.45) is 0. The normalized spacial score (nSPS) is 17.2. The van der Waals surface area contributed by atoms with Crippen LogP contribution in [0.5, 0.6) is 17.2 Å². The Bertz CT molecular complexity index is 1490. The summed E-state index contributed by atoms with van der Waals surface area (Å²) in [7, 11) is 3.02. The van der Waals surface area contributed by atoms with Crippen LogP contribution < -0.4 is 14.4 Å². The highest BCUT2D eigenvalue weighted by Crippen LogP contribution is 2.45. The minimum absolute atomic E-state index is 0.0301. The highest BCUT2D eigenvalue weighted by molar-refractivity contribution is 7.22. The average Bonchev–Trinajstić information content (AvgIpc) is 3.41. The lowest BCUT2D eigenvalue weighted by molar-refractivity contribution is -0.132. The van der Waals surface area contributed by atoms with Crippen molar-refractivity contribution in [3.63, 3.8) is 0 Å². The number of nitrogens with zero attached hydrogens (tertiary/aromatic N) is 2. The maximum Gasteiger partial charge on any atom is 0.301 e. The van der Waals surface area contributed by atoms with E-state index in [1.54, 1.807) is 61.7 Å². The Kier molecular flexibility index (Phi) is 5.62. The van der Waals surface area contributed by atoms with E-state index in [4.69, 9.17) is 9.47 Å². The Morgan fingerprint density at radius 1 is 1.00 bits per heavy atom. The molecule has 1 unspecified atom stereocenters. The zero-order chi connectivity index (χ0) is 24.7. The number of anilines is 1. The fourth-order valence-corrected chi connectivity index (χ4v) is 5.13. The van der Waals surface area contributed by atoms with Gasteiger partial charge < -0.3 is 19.7 Å². The van der Waals surface area contributed by atoms with Gasteiger partial charge in [0, 0.05) is 0 Å². The molecule has 3 aromatic carbocycles. The molecule has 0 spiro atoms. The number of fused-ring (bicyclic) bond motifs is 1. The topological polar surface area (TPSA) is 109 Å². The number of aromatic nitrogens is 1. The number of benzene rings is 3. The van der Waals surface area contributed by atoms with E-state index in [9.17, 15) is 19.8 Å². The van der Waals surface area contributed by atoms with Crippen molar-refractivity contribution < 1.29 is 29.3 Å². The van der Waals surface area contributed by atoms with Crippen LogP contribution in [0.3, 0.4) is 0 Å². The summed E-state index contributed by atoms with van der Waals surface area (Å²) in [5, 5.41) is 21.4. The largest absolute Gasteiger partial charge is 0.508 e. The number of phenols is 1. The fourth-order valence-electron chi connectivity index (χ4n) is 4.11. The number of ketones is 1. The second-order valence-electron chi connectivity index (χ2n) is 7.79. The number of para-hydroxylation sites is 1. The predicted octanol–water partition coefficient (Wildman–Crippen LogP) is 4.65. The molecule has 35 heavy (non-hydrogen) atoms. The van der Waals surface area contributed by atoms with Crippen molar-refractivity contribution in [2.75, 3.05) is 19.1 Å². The van der Waals surface area contributed by atoms with Crippen LogP contribution in [-0.4, -0.2) is 41.1 Å². The average molecular weight is 489 g/mol. The second kappa shape index (κ2) is 8.77. The molecule has 0 bridgehead atoms. The maximum absolute atomic E-state index is 13.3. The van der Waals surface area contributed by atoms with Gasteiger partial charge in [-0.2, -0.15) is 0 Å². The number of amides is 1. The molecule has 4 aromatic rings. The first kappa shape index (κ1) is 22.4. The van der Waals surface area contributed by atoms with E-state index in [0.29, 0.717) is 27.7 Å². The fraction of sp³-hybridized carbons (Fsp3) is 0.115. The minimum Gasteiger partial charge on any atom is -0.508 e. The number of Topliss-reactive ketones (excluding diaryl/α,β-unsaturated/α-hetero) is 1. The Balaban J connectivity index is 1.73. The van der Waals surface area contributed by atoms with E-state index in [2.05, 4.69) is 4.98 Å². The molecule has 9 heteroatoms. The monoisotopic (exact) mass is 488 g/mol. The molecule has 1 atom stereocenters. The van der Waals surface area contributed by atoms with Gasteiger partial charge in [-0.3, -0.25) is 14.5 Å². The van der Waals surface area contributed by atoms with Crippen LogP contribution in [0.15, 0.2) is 72.3 Å². The summed E-state index contributed by atoms with van der Waals surface area (Å²) >= 11 is 1.23. The Morgan fingerprint density at radius 2 is 1.74 bits per heavy atom. The maximum atomic E-state index is 13.3. The van der Waals surface area contributed by atoms with Gasteiger partial charge in [0.2, 0.25) is 0 Å². The molecule has 0 aliphatic carbocycles.